The average molecular weight is 241 g/mol. The molecule has 0 saturated heterocycles. The third-order valence-electron chi connectivity index (χ3n) is 2.51. The molecule has 0 spiro atoms. The zero-order valence-corrected chi connectivity index (χ0v) is 10.0. The molecule has 0 fully saturated rings. The number of rotatable bonds is 4. The molecule has 2 atom stereocenters. The van der Waals surface area contributed by atoms with Crippen LogP contribution in [0.3, 0.4) is 0 Å². The second-order valence-electron chi connectivity index (χ2n) is 3.84. The number of carbonyl (C=O) groups excluding carboxylic acids is 1. The van der Waals surface area contributed by atoms with E-state index < -0.39 is 17.8 Å². The van der Waals surface area contributed by atoms with E-state index in [0.29, 0.717) is 5.56 Å². The lowest BCUT2D eigenvalue weighted by molar-refractivity contribution is -0.142. The number of hydrogen-bond donors (Lipinski definition) is 2. The summed E-state index contributed by atoms with van der Waals surface area (Å²) >= 11 is 0. The number of aromatic hydroxyl groups is 1. The summed E-state index contributed by atoms with van der Waals surface area (Å²) in [6.45, 7) is 3.43. The fraction of sp³-hybridized carbons (Fsp3) is 0.417. The Kier molecular flexibility index (Phi) is 4.45. The van der Waals surface area contributed by atoms with Crippen molar-refractivity contribution in [3.63, 3.8) is 0 Å². The minimum Gasteiger partial charge on any atom is -0.508 e. The zero-order valence-electron chi connectivity index (χ0n) is 10.0. The molecule has 94 valence electrons. The zero-order chi connectivity index (χ0) is 13.0. The van der Waals surface area contributed by atoms with Crippen molar-refractivity contribution in [2.45, 2.75) is 25.9 Å². The van der Waals surface area contributed by atoms with Crippen molar-refractivity contribution in [1.29, 1.82) is 0 Å². The monoisotopic (exact) mass is 241 g/mol. The summed E-state index contributed by atoms with van der Waals surface area (Å²) in [6.07, 6.45) is 0. The van der Waals surface area contributed by atoms with Crippen LogP contribution >= 0.6 is 0 Å². The third kappa shape index (κ3) is 3.42. The van der Waals surface area contributed by atoms with Crippen molar-refractivity contribution in [2.24, 2.45) is 0 Å². The maximum atomic E-state index is 12.8. The first-order valence-corrected chi connectivity index (χ1v) is 5.28. The minimum atomic E-state index is -0.501. The number of esters is 1. The molecule has 5 heteroatoms. The molecule has 0 bridgehead atoms. The largest absolute Gasteiger partial charge is 0.508 e. The van der Waals surface area contributed by atoms with Crippen LogP contribution < -0.4 is 5.32 Å². The maximum Gasteiger partial charge on any atom is 0.322 e. The van der Waals surface area contributed by atoms with Crippen molar-refractivity contribution in [2.75, 3.05) is 7.11 Å². The van der Waals surface area contributed by atoms with Gasteiger partial charge in [0.25, 0.3) is 0 Å². The van der Waals surface area contributed by atoms with Crippen molar-refractivity contribution in [3.05, 3.63) is 29.6 Å². The van der Waals surface area contributed by atoms with Crippen LogP contribution in [0.1, 0.15) is 25.5 Å². The highest BCUT2D eigenvalue weighted by Crippen LogP contribution is 2.24. The molecule has 1 unspecified atom stereocenters. The smallest absolute Gasteiger partial charge is 0.322 e. The fourth-order valence-corrected chi connectivity index (χ4v) is 1.59. The van der Waals surface area contributed by atoms with Crippen LogP contribution in [0.15, 0.2) is 18.2 Å². The quantitative estimate of drug-likeness (QED) is 0.788. The third-order valence-corrected chi connectivity index (χ3v) is 2.51. The molecule has 0 saturated carbocycles. The minimum absolute atomic E-state index is 0.137. The van der Waals surface area contributed by atoms with Crippen molar-refractivity contribution >= 4 is 5.97 Å². The SMILES string of the molecule is COC(=O)[C@H](C)NC(C)c1ccc(F)cc1O. The number of ether oxygens (including phenoxy) is 1. The van der Waals surface area contributed by atoms with Crippen LogP contribution in [0.25, 0.3) is 0 Å². The lowest BCUT2D eigenvalue weighted by Crippen LogP contribution is -2.36. The number of carbonyl (C=O) groups is 1. The van der Waals surface area contributed by atoms with Gasteiger partial charge in [-0.3, -0.25) is 10.1 Å². The Morgan fingerprint density at radius 1 is 1.47 bits per heavy atom. The number of halogens is 1. The maximum absolute atomic E-state index is 12.8. The van der Waals surface area contributed by atoms with Gasteiger partial charge in [-0.2, -0.15) is 0 Å². The topological polar surface area (TPSA) is 58.6 Å². The summed E-state index contributed by atoms with van der Waals surface area (Å²) in [6, 6.07) is 2.99. The molecule has 0 radical (unpaired) electrons. The van der Waals surface area contributed by atoms with E-state index in [9.17, 15) is 14.3 Å². The lowest BCUT2D eigenvalue weighted by atomic mass is 10.1. The first kappa shape index (κ1) is 13.4. The van der Waals surface area contributed by atoms with Gasteiger partial charge in [0.1, 0.15) is 17.6 Å². The van der Waals surface area contributed by atoms with Crippen LogP contribution in [0.2, 0.25) is 0 Å². The van der Waals surface area contributed by atoms with Gasteiger partial charge in [0.05, 0.1) is 7.11 Å². The van der Waals surface area contributed by atoms with E-state index in [4.69, 9.17) is 0 Å². The molecule has 0 aromatic heterocycles. The van der Waals surface area contributed by atoms with Crippen molar-refractivity contribution in [3.8, 4) is 5.75 Å². The number of nitrogens with one attached hydrogen (secondary N) is 1. The Labute approximate surface area is 99.4 Å². The van der Waals surface area contributed by atoms with Gasteiger partial charge in [0, 0.05) is 17.7 Å². The molecule has 0 aliphatic rings. The second kappa shape index (κ2) is 5.63. The predicted octanol–water partition coefficient (Wildman–Crippen LogP) is 1.74. The van der Waals surface area contributed by atoms with Gasteiger partial charge in [-0.05, 0) is 19.9 Å². The highest BCUT2D eigenvalue weighted by atomic mass is 19.1. The Bertz CT molecular complexity index is 409. The van der Waals surface area contributed by atoms with Crippen molar-refractivity contribution < 1.29 is 19.0 Å². The molecule has 0 heterocycles. The number of benzene rings is 1. The van der Waals surface area contributed by atoms with E-state index in [0.717, 1.165) is 6.07 Å². The molecule has 17 heavy (non-hydrogen) atoms. The fourth-order valence-electron chi connectivity index (χ4n) is 1.59. The highest BCUT2D eigenvalue weighted by molar-refractivity contribution is 5.75. The van der Waals surface area contributed by atoms with Gasteiger partial charge >= 0.3 is 5.97 Å². The molecule has 1 rings (SSSR count). The summed E-state index contributed by atoms with van der Waals surface area (Å²) in [4.78, 5) is 11.2. The number of phenols is 1. The molecule has 1 aromatic rings. The van der Waals surface area contributed by atoms with Crippen LogP contribution in [-0.2, 0) is 9.53 Å². The van der Waals surface area contributed by atoms with Crippen molar-refractivity contribution in [1.82, 2.24) is 5.32 Å². The molecular weight excluding hydrogens is 225 g/mol. The molecule has 4 nitrogen and oxygen atoms in total. The summed E-state index contributed by atoms with van der Waals surface area (Å²) in [5, 5.41) is 12.5. The van der Waals surface area contributed by atoms with Crippen LogP contribution in [0, 0.1) is 5.82 Å². The predicted molar refractivity (Wildman–Crippen MR) is 61.1 cm³/mol. The summed E-state index contributed by atoms with van der Waals surface area (Å²) in [5.74, 6) is -1.03. The van der Waals surface area contributed by atoms with Gasteiger partial charge in [0.15, 0.2) is 0 Å². The highest BCUT2D eigenvalue weighted by Gasteiger charge is 2.18. The van der Waals surface area contributed by atoms with E-state index in [1.54, 1.807) is 13.8 Å². The van der Waals surface area contributed by atoms with Gasteiger partial charge in [-0.25, -0.2) is 4.39 Å². The summed E-state index contributed by atoms with van der Waals surface area (Å²) in [5.41, 5.74) is 0.530. The Morgan fingerprint density at radius 2 is 2.12 bits per heavy atom. The molecule has 0 aliphatic heterocycles. The lowest BCUT2D eigenvalue weighted by Gasteiger charge is -2.19. The first-order chi connectivity index (χ1) is 7.95. The van der Waals surface area contributed by atoms with Gasteiger partial charge in [-0.15, -0.1) is 0 Å². The molecular formula is C12H16FNO3. The second-order valence-corrected chi connectivity index (χ2v) is 3.84. The van der Waals surface area contributed by atoms with E-state index in [1.165, 1.54) is 19.2 Å². The molecule has 0 aliphatic carbocycles. The van der Waals surface area contributed by atoms with Gasteiger partial charge in [-0.1, -0.05) is 6.07 Å². The number of phenolic OH excluding ortho intramolecular Hbond substituents is 1. The number of hydrogen-bond acceptors (Lipinski definition) is 4. The standard InChI is InChI=1S/C12H16FNO3/c1-7(14-8(2)12(16)17-3)10-5-4-9(13)6-11(10)15/h4-8,14-15H,1-3H3/t7?,8-/m0/s1. The van der Waals surface area contributed by atoms with Crippen LogP contribution in [0.5, 0.6) is 5.75 Å². The first-order valence-electron chi connectivity index (χ1n) is 5.28. The Morgan fingerprint density at radius 3 is 2.65 bits per heavy atom. The van der Waals surface area contributed by atoms with E-state index >= 15 is 0 Å². The molecule has 1 aromatic carbocycles. The van der Waals surface area contributed by atoms with Crippen LogP contribution in [-0.4, -0.2) is 24.2 Å². The summed E-state index contributed by atoms with van der Waals surface area (Å²) in [7, 11) is 1.31. The molecule has 0 amide bonds. The van der Waals surface area contributed by atoms with Crippen LogP contribution in [0.4, 0.5) is 4.39 Å². The van der Waals surface area contributed by atoms with Gasteiger partial charge in [0.2, 0.25) is 0 Å². The van der Waals surface area contributed by atoms with E-state index in [2.05, 4.69) is 10.1 Å². The average Bonchev–Trinajstić information content (AvgIpc) is 2.27. The summed E-state index contributed by atoms with van der Waals surface area (Å²) < 4.78 is 17.4. The van der Waals surface area contributed by atoms with E-state index in [1.807, 2.05) is 0 Å². The molecule has 2 N–H and O–H groups in total. The Hall–Kier alpha value is -1.62. The van der Waals surface area contributed by atoms with E-state index in [-0.39, 0.29) is 11.8 Å². The number of methoxy groups -OCH3 is 1. The Balaban J connectivity index is 2.76. The normalized spacial score (nSPS) is 14.1. The van der Waals surface area contributed by atoms with Gasteiger partial charge < -0.3 is 9.84 Å².